The van der Waals surface area contributed by atoms with Crippen LogP contribution in [0.25, 0.3) is 11.4 Å². The molecular formula is C31H36F2N6O3. The van der Waals surface area contributed by atoms with E-state index < -0.39 is 5.82 Å². The van der Waals surface area contributed by atoms with Crippen LogP contribution in [0.3, 0.4) is 0 Å². The minimum absolute atomic E-state index is 0.0657. The van der Waals surface area contributed by atoms with Gasteiger partial charge in [-0.05, 0) is 87.8 Å². The second kappa shape index (κ2) is 15.9. The van der Waals surface area contributed by atoms with Gasteiger partial charge in [0.25, 0.3) is 5.91 Å². The number of nitrogen functional groups attached to an aromatic ring is 2. The summed E-state index contributed by atoms with van der Waals surface area (Å²) in [6.07, 6.45) is 6.74. The Balaban J connectivity index is 0.000000373. The number of pyridine rings is 1. The molecule has 2 aromatic heterocycles. The van der Waals surface area contributed by atoms with Gasteiger partial charge in [0, 0.05) is 31.1 Å². The molecule has 3 heterocycles. The first-order chi connectivity index (χ1) is 20.3. The summed E-state index contributed by atoms with van der Waals surface area (Å²) in [4.78, 5) is 30.3. The van der Waals surface area contributed by atoms with Crippen LogP contribution in [0.15, 0.2) is 67.0 Å². The van der Waals surface area contributed by atoms with E-state index >= 15 is 0 Å². The van der Waals surface area contributed by atoms with Crippen molar-refractivity contribution >= 4 is 24.1 Å². The zero-order valence-corrected chi connectivity index (χ0v) is 23.5. The molecule has 4 aromatic rings. The van der Waals surface area contributed by atoms with E-state index in [1.807, 2.05) is 13.7 Å². The van der Waals surface area contributed by atoms with Crippen LogP contribution in [0.2, 0.25) is 0 Å². The minimum atomic E-state index is -0.535. The molecule has 0 spiro atoms. The van der Waals surface area contributed by atoms with Gasteiger partial charge in [-0.15, -0.1) is 0 Å². The van der Waals surface area contributed by atoms with Gasteiger partial charge in [0.1, 0.15) is 29.9 Å². The lowest BCUT2D eigenvalue weighted by molar-refractivity contribution is -0.0980. The molecule has 222 valence electrons. The lowest BCUT2D eigenvalue weighted by atomic mass is 10.2. The number of H-pyrrole nitrogens is 1. The van der Waals surface area contributed by atoms with Crippen molar-refractivity contribution in [3.8, 4) is 22.9 Å². The predicted octanol–water partition coefficient (Wildman–Crippen LogP) is 5.34. The number of aryl methyl sites for hydroxylation is 1. The van der Waals surface area contributed by atoms with E-state index in [1.165, 1.54) is 31.0 Å². The van der Waals surface area contributed by atoms with Crippen LogP contribution in [0.5, 0.6) is 11.5 Å². The number of nitrogens with two attached hydrogens (primary N) is 2. The molecule has 0 unspecified atom stereocenters. The summed E-state index contributed by atoms with van der Waals surface area (Å²) in [5, 5.41) is 2.97. The molecule has 5 rings (SSSR count). The Labute approximate surface area is 243 Å². The van der Waals surface area contributed by atoms with Crippen molar-refractivity contribution in [1.82, 2.24) is 20.2 Å². The molecular weight excluding hydrogens is 542 g/mol. The number of carbonyl (C=O) groups is 2. The van der Waals surface area contributed by atoms with Gasteiger partial charge in [-0.1, -0.05) is 6.07 Å². The molecule has 1 fully saturated rings. The average molecular weight is 579 g/mol. The van der Waals surface area contributed by atoms with Crippen LogP contribution in [-0.4, -0.2) is 53.7 Å². The van der Waals surface area contributed by atoms with Crippen LogP contribution in [-0.2, 0) is 4.79 Å². The fourth-order valence-electron chi connectivity index (χ4n) is 4.28. The first kappa shape index (κ1) is 31.8. The fourth-order valence-corrected chi connectivity index (χ4v) is 4.28. The monoisotopic (exact) mass is 578 g/mol. The highest BCUT2D eigenvalue weighted by atomic mass is 19.1. The topological polar surface area (TPSA) is 139 Å². The number of hydrogen-bond acceptors (Lipinski definition) is 7. The van der Waals surface area contributed by atoms with Crippen LogP contribution in [0, 0.1) is 18.6 Å². The number of anilines is 2. The number of rotatable bonds is 8. The fraction of sp³-hybridized carbons (Fsp3) is 0.258. The molecule has 1 saturated heterocycles. The number of aromatic nitrogens is 2. The Bertz CT molecular complexity index is 1460. The lowest BCUT2D eigenvalue weighted by Gasteiger charge is -2.14. The number of aromatic amines is 1. The van der Waals surface area contributed by atoms with Crippen LogP contribution in [0.1, 0.15) is 35.2 Å². The lowest BCUT2D eigenvalue weighted by Crippen LogP contribution is -2.28. The summed E-state index contributed by atoms with van der Waals surface area (Å²) in [6.45, 7) is 7.87. The van der Waals surface area contributed by atoms with Gasteiger partial charge in [0.15, 0.2) is 0 Å². The molecule has 0 atom stereocenters. The molecule has 2 aromatic carbocycles. The van der Waals surface area contributed by atoms with Crippen LogP contribution in [0.4, 0.5) is 20.2 Å². The number of benzene rings is 2. The number of halogens is 2. The molecule has 11 heteroatoms. The van der Waals surface area contributed by atoms with Gasteiger partial charge in [0.2, 0.25) is 0 Å². The molecule has 1 aliphatic heterocycles. The summed E-state index contributed by atoms with van der Waals surface area (Å²) in [5.41, 5.74) is 13.9. The number of likely N-dealkylation sites (tertiary alicyclic amines) is 1. The van der Waals surface area contributed by atoms with Gasteiger partial charge >= 0.3 is 0 Å². The molecule has 0 aliphatic carbocycles. The number of nitrogens with one attached hydrogen (secondary N) is 2. The third-order valence-corrected chi connectivity index (χ3v) is 6.45. The highest BCUT2D eigenvalue weighted by Crippen LogP contribution is 2.27. The molecule has 0 saturated carbocycles. The smallest absolute Gasteiger partial charge is 0.252 e. The summed E-state index contributed by atoms with van der Waals surface area (Å²) < 4.78 is 31.7. The average Bonchev–Trinajstić information content (AvgIpc) is 3.70. The maximum Gasteiger partial charge on any atom is 0.252 e. The first-order valence-corrected chi connectivity index (χ1v) is 13.5. The summed E-state index contributed by atoms with van der Waals surface area (Å²) >= 11 is 0. The maximum absolute atomic E-state index is 13.6. The van der Waals surface area contributed by atoms with E-state index in [4.69, 9.17) is 21.0 Å². The van der Waals surface area contributed by atoms with Crippen molar-refractivity contribution in [1.29, 1.82) is 0 Å². The van der Waals surface area contributed by atoms with E-state index in [2.05, 4.69) is 20.2 Å². The van der Waals surface area contributed by atoms with Crippen molar-refractivity contribution in [3.63, 3.8) is 0 Å². The Morgan fingerprint density at radius 2 is 1.74 bits per heavy atom. The number of amides is 1. The second-order valence-corrected chi connectivity index (χ2v) is 9.65. The molecule has 0 radical (unpaired) electrons. The van der Waals surface area contributed by atoms with Crippen molar-refractivity contribution in [2.24, 2.45) is 0 Å². The predicted molar refractivity (Wildman–Crippen MR) is 160 cm³/mol. The van der Waals surface area contributed by atoms with Gasteiger partial charge in [-0.3, -0.25) is 9.78 Å². The van der Waals surface area contributed by atoms with Crippen LogP contribution < -0.4 is 21.5 Å². The number of ether oxygens (including phenoxy) is 1. The van der Waals surface area contributed by atoms with E-state index in [1.54, 1.807) is 48.8 Å². The van der Waals surface area contributed by atoms with Crippen molar-refractivity contribution in [2.75, 3.05) is 37.6 Å². The van der Waals surface area contributed by atoms with E-state index in [0.717, 1.165) is 31.6 Å². The first-order valence-electron chi connectivity index (χ1n) is 13.5. The van der Waals surface area contributed by atoms with Gasteiger partial charge in [-0.2, -0.15) is 0 Å². The van der Waals surface area contributed by atoms with Gasteiger partial charge in [-0.25, -0.2) is 8.78 Å². The number of hydrogen-bond donors (Lipinski definition) is 4. The summed E-state index contributed by atoms with van der Waals surface area (Å²) in [6, 6.07) is 14.1. The molecule has 0 bridgehead atoms. The summed E-state index contributed by atoms with van der Waals surface area (Å²) in [5.74, 6) is -0.164. The van der Waals surface area contributed by atoms with Crippen LogP contribution >= 0.6 is 0 Å². The third kappa shape index (κ3) is 9.41. The molecule has 1 aliphatic rings. The van der Waals surface area contributed by atoms with E-state index in [0.29, 0.717) is 35.0 Å². The number of nitrogens with zero attached hydrogens (tertiary/aromatic N) is 2. The largest absolute Gasteiger partial charge is 0.457 e. The number of carbonyl (C=O) groups excluding carboxylic acids is 2. The highest BCUT2D eigenvalue weighted by molar-refractivity contribution is 5.95. The van der Waals surface area contributed by atoms with E-state index in [-0.39, 0.29) is 23.1 Å². The van der Waals surface area contributed by atoms with E-state index in [9.17, 15) is 13.6 Å². The molecule has 1 amide bonds. The normalized spacial score (nSPS) is 12.5. The van der Waals surface area contributed by atoms with Crippen molar-refractivity contribution in [2.45, 2.75) is 26.2 Å². The molecule has 9 nitrogen and oxygen atoms in total. The Hall–Kier alpha value is -4.77. The Kier molecular flexibility index (Phi) is 12.0. The third-order valence-electron chi connectivity index (χ3n) is 6.45. The van der Waals surface area contributed by atoms with Crippen molar-refractivity contribution < 1.29 is 23.1 Å². The van der Waals surface area contributed by atoms with Gasteiger partial charge in [0.05, 0.1) is 28.3 Å². The second-order valence-electron chi connectivity index (χ2n) is 9.65. The van der Waals surface area contributed by atoms with Gasteiger partial charge < -0.3 is 36.2 Å². The zero-order valence-electron chi connectivity index (χ0n) is 23.5. The SMILES string of the molecule is C=O.Cc1ccc(F)c(N)c1.Nc1ccc(Oc2ccnc(-c3cc(C(=O)NCCCN4CCCC4)c[nH]3)c2)cc1F. The zero-order chi connectivity index (χ0) is 30.5. The molecule has 42 heavy (non-hydrogen) atoms. The summed E-state index contributed by atoms with van der Waals surface area (Å²) in [7, 11) is 0. The maximum atomic E-state index is 13.6. The standard InChI is InChI=1S/C23H26FN5O2.C7H8FN.CH2O/c24-19-13-17(4-5-20(19)25)31-18-6-8-26-22(14-18)21-12-16(15-28-21)23(30)27-7-3-11-29-9-1-2-10-29;1-5-2-3-6(8)7(9)4-5;1-2/h4-6,8,12-15,28H,1-3,7,9-11,25H2,(H,27,30);2-4H,9H2,1H3;1H2. The quantitative estimate of drug-likeness (QED) is 0.164. The Morgan fingerprint density at radius 1 is 1.00 bits per heavy atom. The van der Waals surface area contributed by atoms with Crippen molar-refractivity contribution in [3.05, 3.63) is 89.8 Å². The molecule has 6 N–H and O–H groups in total. The Morgan fingerprint density at radius 3 is 2.43 bits per heavy atom. The minimum Gasteiger partial charge on any atom is -0.457 e. The highest BCUT2D eigenvalue weighted by Gasteiger charge is 2.13.